The number of hydrogen-bond acceptors (Lipinski definition) is 4. The topological polar surface area (TPSA) is 58.8 Å². The monoisotopic (exact) mass is 479 g/mol. The summed E-state index contributed by atoms with van der Waals surface area (Å²) in [6.45, 7) is 6.05. The van der Waals surface area contributed by atoms with Crippen LogP contribution >= 0.6 is 0 Å². The minimum Gasteiger partial charge on any atom is -0.446 e. The summed E-state index contributed by atoms with van der Waals surface area (Å²) < 4.78 is 20.4. The Balaban J connectivity index is 1.47. The Morgan fingerprint density at radius 1 is 0.943 bits per heavy atom. The Morgan fingerprint density at radius 2 is 1.71 bits per heavy atom. The van der Waals surface area contributed by atoms with Crippen LogP contribution in [0.2, 0.25) is 0 Å². The van der Waals surface area contributed by atoms with Crippen LogP contribution in [0.25, 0.3) is 0 Å². The average molecular weight is 480 g/mol. The lowest BCUT2D eigenvalue weighted by Gasteiger charge is -2.53. The fourth-order valence-corrected chi connectivity index (χ4v) is 7.03. The smallest absolute Gasteiger partial charge is 0.404 e. The van der Waals surface area contributed by atoms with E-state index in [9.17, 15) is 9.18 Å². The van der Waals surface area contributed by atoms with Gasteiger partial charge in [-0.15, -0.1) is 0 Å². The second-order valence-corrected chi connectivity index (χ2v) is 10.7. The molecule has 6 heteroatoms. The highest BCUT2D eigenvalue weighted by Gasteiger charge is 2.53. The van der Waals surface area contributed by atoms with Crippen LogP contribution < -0.4 is 5.73 Å². The van der Waals surface area contributed by atoms with Crippen molar-refractivity contribution >= 4 is 6.09 Å². The highest BCUT2D eigenvalue weighted by Crippen LogP contribution is 2.52. The molecule has 3 fully saturated rings. The number of carbonyl (C=O) groups excluding carboxylic acids is 1. The van der Waals surface area contributed by atoms with Gasteiger partial charge < -0.3 is 15.4 Å². The number of carbonyl (C=O) groups is 1. The quantitative estimate of drug-likeness (QED) is 0.582. The summed E-state index contributed by atoms with van der Waals surface area (Å²) in [6, 6.07) is 17.9. The van der Waals surface area contributed by atoms with Gasteiger partial charge in [-0.3, -0.25) is 4.90 Å². The first kappa shape index (κ1) is 24.3. The minimum atomic E-state index is -0.698. The van der Waals surface area contributed by atoms with E-state index < -0.39 is 6.09 Å². The Kier molecular flexibility index (Phi) is 7.40. The van der Waals surface area contributed by atoms with Crippen LogP contribution in [0.4, 0.5) is 9.18 Å². The van der Waals surface area contributed by atoms with Crippen molar-refractivity contribution in [1.82, 2.24) is 9.80 Å². The molecular formula is C29H38FN3O2. The molecule has 0 aromatic heterocycles. The van der Waals surface area contributed by atoms with Gasteiger partial charge in [0.2, 0.25) is 0 Å². The van der Waals surface area contributed by atoms with Crippen LogP contribution in [0, 0.1) is 17.7 Å². The van der Waals surface area contributed by atoms with E-state index >= 15 is 0 Å². The van der Waals surface area contributed by atoms with Gasteiger partial charge in [0.1, 0.15) is 11.9 Å². The fourth-order valence-electron chi connectivity index (χ4n) is 7.03. The molecule has 2 heterocycles. The molecule has 5 nitrogen and oxygen atoms in total. The first-order valence-corrected chi connectivity index (χ1v) is 13.3. The number of hydrogen-bond donors (Lipinski definition) is 1. The Labute approximate surface area is 208 Å². The number of halogens is 1. The molecule has 2 N–H and O–H groups in total. The van der Waals surface area contributed by atoms with Crippen LogP contribution in [0.3, 0.4) is 0 Å². The summed E-state index contributed by atoms with van der Waals surface area (Å²) >= 11 is 0. The lowest BCUT2D eigenvalue weighted by atomic mass is 9.58. The Morgan fingerprint density at radius 3 is 2.37 bits per heavy atom. The molecule has 0 unspecified atom stereocenters. The van der Waals surface area contributed by atoms with Gasteiger partial charge in [0.25, 0.3) is 0 Å². The molecule has 3 atom stereocenters. The number of piperidine rings is 1. The van der Waals surface area contributed by atoms with Gasteiger partial charge in [0.05, 0.1) is 0 Å². The number of amides is 1. The van der Waals surface area contributed by atoms with E-state index in [1.54, 1.807) is 6.07 Å². The first-order valence-electron chi connectivity index (χ1n) is 13.3. The van der Waals surface area contributed by atoms with Gasteiger partial charge in [0, 0.05) is 24.4 Å². The molecule has 0 radical (unpaired) electrons. The minimum absolute atomic E-state index is 0.142. The van der Waals surface area contributed by atoms with Crippen molar-refractivity contribution in [1.29, 1.82) is 0 Å². The number of primary amides is 1. The van der Waals surface area contributed by atoms with Gasteiger partial charge in [-0.25, -0.2) is 9.18 Å². The molecule has 1 saturated carbocycles. The standard InChI is InChI=1S/C29H38FN3O2/c30-25-10-4-9-24(19-25)29(21-33-15-6-16-33,26-11-5-12-27(26)35-28(31)34)23-13-17-32(18-14-23)20-22-7-2-1-3-8-22/h1-4,7-10,19,23,26-27H,5-6,11-18,20-21H2,(H2,31,34)/t26-,27-,29-/m0/s1. The van der Waals surface area contributed by atoms with Gasteiger partial charge >= 0.3 is 6.09 Å². The number of nitrogens with two attached hydrogens (primary N) is 1. The van der Waals surface area contributed by atoms with E-state index in [4.69, 9.17) is 10.5 Å². The van der Waals surface area contributed by atoms with Crippen molar-refractivity contribution in [3.63, 3.8) is 0 Å². The molecule has 2 aliphatic heterocycles. The fraction of sp³-hybridized carbons (Fsp3) is 0.552. The first-order chi connectivity index (χ1) is 17.0. The molecular weight excluding hydrogens is 441 g/mol. The molecule has 2 aromatic rings. The van der Waals surface area contributed by atoms with E-state index in [-0.39, 0.29) is 23.3 Å². The second-order valence-electron chi connectivity index (χ2n) is 10.7. The number of ether oxygens (including phenoxy) is 1. The maximum absolute atomic E-state index is 14.7. The molecule has 188 valence electrons. The molecule has 1 aliphatic carbocycles. The molecule has 0 bridgehead atoms. The highest BCUT2D eigenvalue weighted by molar-refractivity contribution is 5.65. The molecule has 2 saturated heterocycles. The zero-order valence-corrected chi connectivity index (χ0v) is 20.6. The van der Waals surface area contributed by atoms with E-state index in [0.717, 1.165) is 76.9 Å². The normalized spacial score (nSPS) is 25.6. The lowest BCUT2D eigenvalue weighted by Crippen LogP contribution is -2.58. The van der Waals surface area contributed by atoms with E-state index in [2.05, 4.69) is 46.2 Å². The zero-order chi connectivity index (χ0) is 24.3. The maximum Gasteiger partial charge on any atom is 0.404 e. The van der Waals surface area contributed by atoms with Gasteiger partial charge in [-0.1, -0.05) is 42.5 Å². The summed E-state index contributed by atoms with van der Waals surface area (Å²) in [5, 5.41) is 0. The van der Waals surface area contributed by atoms with Crippen molar-refractivity contribution in [3.05, 3.63) is 71.5 Å². The summed E-state index contributed by atoms with van der Waals surface area (Å²) in [6.07, 6.45) is 5.22. The highest BCUT2D eigenvalue weighted by atomic mass is 19.1. The number of benzene rings is 2. The summed E-state index contributed by atoms with van der Waals surface area (Å²) in [5.41, 5.74) is 7.65. The third kappa shape index (κ3) is 5.24. The molecule has 3 aliphatic rings. The van der Waals surface area contributed by atoms with Crippen LogP contribution in [0.1, 0.15) is 49.7 Å². The second kappa shape index (κ2) is 10.7. The largest absolute Gasteiger partial charge is 0.446 e. The van der Waals surface area contributed by atoms with Gasteiger partial charge in [-0.2, -0.15) is 0 Å². The number of rotatable bonds is 8. The van der Waals surface area contributed by atoms with E-state index in [1.807, 2.05) is 6.07 Å². The van der Waals surface area contributed by atoms with Crippen molar-refractivity contribution < 1.29 is 13.9 Å². The predicted octanol–water partition coefficient (Wildman–Crippen LogP) is 4.95. The van der Waals surface area contributed by atoms with Crippen LogP contribution in [-0.4, -0.2) is 54.7 Å². The van der Waals surface area contributed by atoms with Gasteiger partial charge in [0.15, 0.2) is 0 Å². The third-order valence-corrected chi connectivity index (χ3v) is 8.74. The number of likely N-dealkylation sites (tertiary alicyclic amines) is 2. The van der Waals surface area contributed by atoms with Crippen LogP contribution in [-0.2, 0) is 16.7 Å². The zero-order valence-electron chi connectivity index (χ0n) is 20.6. The Bertz CT molecular complexity index is 990. The molecule has 1 amide bonds. The predicted molar refractivity (Wildman–Crippen MR) is 135 cm³/mol. The van der Waals surface area contributed by atoms with Crippen molar-refractivity contribution in [2.24, 2.45) is 17.6 Å². The van der Waals surface area contributed by atoms with Crippen LogP contribution in [0.5, 0.6) is 0 Å². The molecule has 35 heavy (non-hydrogen) atoms. The van der Waals surface area contributed by atoms with E-state index in [0.29, 0.717) is 5.92 Å². The lowest BCUT2D eigenvalue weighted by molar-refractivity contribution is -0.0137. The maximum atomic E-state index is 14.7. The molecule has 5 rings (SSSR count). The Hall–Kier alpha value is -2.44. The summed E-state index contributed by atoms with van der Waals surface area (Å²) in [5.74, 6) is 0.337. The van der Waals surface area contributed by atoms with Crippen molar-refractivity contribution in [2.75, 3.05) is 32.7 Å². The SMILES string of the molecule is NC(=O)O[C@H]1CCC[C@@H]1[C@](CN1CCC1)(c1cccc(F)c1)C1CCN(Cc2ccccc2)CC1. The van der Waals surface area contributed by atoms with E-state index in [1.165, 1.54) is 18.1 Å². The summed E-state index contributed by atoms with van der Waals surface area (Å²) in [4.78, 5) is 16.9. The van der Waals surface area contributed by atoms with Gasteiger partial charge in [-0.05, 0) is 93.9 Å². The number of nitrogens with zero attached hydrogens (tertiary/aromatic N) is 2. The van der Waals surface area contributed by atoms with Crippen molar-refractivity contribution in [3.8, 4) is 0 Å². The summed E-state index contributed by atoms with van der Waals surface area (Å²) in [7, 11) is 0. The van der Waals surface area contributed by atoms with Crippen molar-refractivity contribution in [2.45, 2.75) is 56.6 Å². The third-order valence-electron chi connectivity index (χ3n) is 8.74. The average Bonchev–Trinajstić information content (AvgIpc) is 3.28. The molecule has 0 spiro atoms. The van der Waals surface area contributed by atoms with Crippen LogP contribution in [0.15, 0.2) is 54.6 Å². The molecule has 2 aromatic carbocycles.